The average Bonchev–Trinajstić information content (AvgIpc) is 2.69. The van der Waals surface area contributed by atoms with E-state index >= 15 is 0 Å². The molecule has 2 rings (SSSR count). The number of aromatic nitrogens is 2. The quantitative estimate of drug-likeness (QED) is 0.863. The number of nitrogens with one attached hydrogen (secondary N) is 1. The van der Waals surface area contributed by atoms with Gasteiger partial charge < -0.3 is 10.4 Å². The molecule has 0 aliphatic heterocycles. The molecule has 1 aromatic rings. The van der Waals surface area contributed by atoms with Gasteiger partial charge in [-0.15, -0.1) is 10.2 Å². The molecule has 2 N–H and O–H groups in total. The molecule has 0 saturated heterocycles. The van der Waals surface area contributed by atoms with Crippen molar-refractivity contribution in [2.75, 3.05) is 5.32 Å². The van der Waals surface area contributed by atoms with E-state index in [2.05, 4.69) is 15.5 Å². The Hall–Kier alpha value is -0.890. The van der Waals surface area contributed by atoms with Crippen molar-refractivity contribution in [3.8, 4) is 0 Å². The second kappa shape index (κ2) is 4.77. The van der Waals surface area contributed by atoms with Crippen LogP contribution in [0.1, 0.15) is 30.7 Å². The van der Waals surface area contributed by atoms with Crippen LogP contribution in [-0.4, -0.2) is 27.4 Å². The molecule has 1 aromatic heterocycles. The SMILES string of the molecule is OC1CCCCC1Nc1nnc(C(F)(F)F)s1. The Morgan fingerprint density at radius 3 is 2.53 bits per heavy atom. The molecular formula is C9H12F3N3OS. The van der Waals surface area contributed by atoms with Gasteiger partial charge >= 0.3 is 6.18 Å². The monoisotopic (exact) mass is 267 g/mol. The van der Waals surface area contributed by atoms with Gasteiger partial charge in [-0.3, -0.25) is 0 Å². The third-order valence-corrected chi connectivity index (χ3v) is 3.61. The zero-order valence-electron chi connectivity index (χ0n) is 8.87. The van der Waals surface area contributed by atoms with Crippen LogP contribution in [0.25, 0.3) is 0 Å². The number of rotatable bonds is 2. The van der Waals surface area contributed by atoms with E-state index in [0.717, 1.165) is 19.3 Å². The number of halogens is 3. The molecule has 2 atom stereocenters. The molecule has 1 aliphatic carbocycles. The second-order valence-corrected chi connectivity index (χ2v) is 4.99. The Bertz CT molecular complexity index is 382. The summed E-state index contributed by atoms with van der Waals surface area (Å²) in [6, 6.07) is -0.224. The molecular weight excluding hydrogens is 255 g/mol. The van der Waals surface area contributed by atoms with Gasteiger partial charge in [0.2, 0.25) is 10.1 Å². The van der Waals surface area contributed by atoms with Gasteiger partial charge in [0.15, 0.2) is 0 Å². The zero-order chi connectivity index (χ0) is 12.5. The van der Waals surface area contributed by atoms with Crippen molar-refractivity contribution in [3.05, 3.63) is 5.01 Å². The van der Waals surface area contributed by atoms with Crippen LogP contribution in [-0.2, 0) is 6.18 Å². The lowest BCUT2D eigenvalue weighted by molar-refractivity contribution is -0.138. The summed E-state index contributed by atoms with van der Waals surface area (Å²) in [5.74, 6) is 0. The highest BCUT2D eigenvalue weighted by Crippen LogP contribution is 2.33. The molecule has 0 amide bonds. The lowest BCUT2D eigenvalue weighted by Crippen LogP contribution is -2.36. The second-order valence-electron chi connectivity index (χ2n) is 4.01. The first-order valence-electron chi connectivity index (χ1n) is 5.32. The number of hydrogen-bond acceptors (Lipinski definition) is 5. The Morgan fingerprint density at radius 2 is 1.94 bits per heavy atom. The highest BCUT2D eigenvalue weighted by Gasteiger charge is 2.36. The molecule has 1 aliphatic rings. The van der Waals surface area contributed by atoms with Gasteiger partial charge in [-0.25, -0.2) is 0 Å². The van der Waals surface area contributed by atoms with E-state index in [1.165, 1.54) is 0 Å². The summed E-state index contributed by atoms with van der Waals surface area (Å²) in [6.07, 6.45) is -1.67. The van der Waals surface area contributed by atoms with E-state index in [1.54, 1.807) is 0 Å². The first kappa shape index (κ1) is 12.6. The highest BCUT2D eigenvalue weighted by molar-refractivity contribution is 7.15. The molecule has 4 nitrogen and oxygen atoms in total. The van der Waals surface area contributed by atoms with Crippen LogP contribution in [0.2, 0.25) is 0 Å². The lowest BCUT2D eigenvalue weighted by atomic mass is 9.93. The van der Waals surface area contributed by atoms with Crippen molar-refractivity contribution >= 4 is 16.5 Å². The Morgan fingerprint density at radius 1 is 1.24 bits per heavy atom. The predicted molar refractivity (Wildman–Crippen MR) is 56.8 cm³/mol. The fourth-order valence-electron chi connectivity index (χ4n) is 1.83. The number of nitrogens with zero attached hydrogens (tertiary/aromatic N) is 2. The number of hydrogen-bond donors (Lipinski definition) is 2. The summed E-state index contributed by atoms with van der Waals surface area (Å²) in [5, 5.41) is 18.1. The summed E-state index contributed by atoms with van der Waals surface area (Å²) in [4.78, 5) is 0. The maximum Gasteiger partial charge on any atom is 0.445 e. The van der Waals surface area contributed by atoms with Gasteiger partial charge in [-0.1, -0.05) is 24.2 Å². The Labute approximate surface area is 99.9 Å². The molecule has 96 valence electrons. The van der Waals surface area contributed by atoms with Crippen LogP contribution in [0.3, 0.4) is 0 Å². The number of aliphatic hydroxyl groups is 1. The largest absolute Gasteiger partial charge is 0.445 e. The number of alkyl halides is 3. The average molecular weight is 267 g/mol. The summed E-state index contributed by atoms with van der Waals surface area (Å²) in [6.45, 7) is 0. The maximum absolute atomic E-state index is 12.3. The minimum absolute atomic E-state index is 0.114. The molecule has 1 heterocycles. The smallest absolute Gasteiger partial charge is 0.391 e. The van der Waals surface area contributed by atoms with E-state index in [1.807, 2.05) is 0 Å². The first-order chi connectivity index (χ1) is 7.97. The summed E-state index contributed by atoms with van der Waals surface area (Å²) < 4.78 is 36.9. The van der Waals surface area contributed by atoms with Crippen LogP contribution in [0.4, 0.5) is 18.3 Å². The van der Waals surface area contributed by atoms with Gasteiger partial charge in [0.1, 0.15) is 0 Å². The standard InChI is InChI=1S/C9H12F3N3OS/c10-9(11,12)7-14-15-8(17-7)13-5-3-1-2-4-6(5)16/h5-6,16H,1-4H2,(H,13,15). The molecule has 1 saturated carbocycles. The highest BCUT2D eigenvalue weighted by atomic mass is 32.1. The van der Waals surface area contributed by atoms with Crippen LogP contribution < -0.4 is 5.32 Å². The minimum atomic E-state index is -4.46. The molecule has 1 fully saturated rings. The van der Waals surface area contributed by atoms with Crippen LogP contribution in [0.5, 0.6) is 0 Å². The molecule has 0 bridgehead atoms. The van der Waals surface area contributed by atoms with Crippen molar-refractivity contribution in [3.63, 3.8) is 0 Å². The van der Waals surface area contributed by atoms with Crippen molar-refractivity contribution in [1.29, 1.82) is 0 Å². The van der Waals surface area contributed by atoms with Crippen LogP contribution in [0, 0.1) is 0 Å². The molecule has 0 radical (unpaired) electrons. The summed E-state index contributed by atoms with van der Waals surface area (Å²) in [7, 11) is 0. The normalized spacial score (nSPS) is 25.9. The van der Waals surface area contributed by atoms with Crippen molar-refractivity contribution < 1.29 is 18.3 Å². The topological polar surface area (TPSA) is 58.0 Å². The zero-order valence-corrected chi connectivity index (χ0v) is 9.68. The minimum Gasteiger partial charge on any atom is -0.391 e. The summed E-state index contributed by atoms with van der Waals surface area (Å²) in [5.41, 5.74) is 0. The van der Waals surface area contributed by atoms with Crippen molar-refractivity contribution in [1.82, 2.24) is 10.2 Å². The lowest BCUT2D eigenvalue weighted by Gasteiger charge is -2.27. The third kappa shape index (κ3) is 3.06. The van der Waals surface area contributed by atoms with Gasteiger partial charge in [0.05, 0.1) is 12.1 Å². The van der Waals surface area contributed by atoms with E-state index < -0.39 is 17.3 Å². The predicted octanol–water partition coefficient (Wildman–Crippen LogP) is 2.27. The van der Waals surface area contributed by atoms with Gasteiger partial charge in [-0.05, 0) is 12.8 Å². The summed E-state index contributed by atoms with van der Waals surface area (Å²) >= 11 is 0.466. The van der Waals surface area contributed by atoms with E-state index in [-0.39, 0.29) is 11.2 Å². The maximum atomic E-state index is 12.3. The molecule has 0 aromatic carbocycles. The van der Waals surface area contributed by atoms with Crippen molar-refractivity contribution in [2.24, 2.45) is 0 Å². The fraction of sp³-hybridized carbons (Fsp3) is 0.778. The third-order valence-electron chi connectivity index (χ3n) is 2.71. The van der Waals surface area contributed by atoms with Crippen LogP contribution in [0.15, 0.2) is 0 Å². The molecule has 8 heteroatoms. The van der Waals surface area contributed by atoms with E-state index in [9.17, 15) is 18.3 Å². The Kier molecular flexibility index (Phi) is 3.53. The number of anilines is 1. The van der Waals surface area contributed by atoms with E-state index in [0.29, 0.717) is 17.8 Å². The van der Waals surface area contributed by atoms with Gasteiger partial charge in [0, 0.05) is 0 Å². The number of aliphatic hydroxyl groups excluding tert-OH is 1. The van der Waals surface area contributed by atoms with Crippen LogP contribution >= 0.6 is 11.3 Å². The molecule has 17 heavy (non-hydrogen) atoms. The molecule has 2 unspecified atom stereocenters. The Balaban J connectivity index is 2.01. The van der Waals surface area contributed by atoms with Gasteiger partial charge in [0.25, 0.3) is 0 Å². The fourth-order valence-corrected chi connectivity index (χ4v) is 2.51. The van der Waals surface area contributed by atoms with Gasteiger partial charge in [-0.2, -0.15) is 13.2 Å². The van der Waals surface area contributed by atoms with E-state index in [4.69, 9.17) is 0 Å². The first-order valence-corrected chi connectivity index (χ1v) is 6.14. The van der Waals surface area contributed by atoms with Crippen molar-refractivity contribution in [2.45, 2.75) is 44.0 Å². The molecule has 0 spiro atoms.